The maximum atomic E-state index is 12.7. The molecule has 21 heavy (non-hydrogen) atoms. The number of hydrogen-bond acceptors (Lipinski definition) is 4. The van der Waals surface area contributed by atoms with Gasteiger partial charge in [-0.15, -0.1) is 0 Å². The Balaban J connectivity index is 1.91. The smallest absolute Gasteiger partial charge is 0.225 e. The number of carbonyl (C=O) groups excluding carboxylic acids is 1. The van der Waals surface area contributed by atoms with Gasteiger partial charge in [-0.3, -0.25) is 9.69 Å². The standard InChI is InChI=1S/C16H31N3O2/c1-3-15-11-19(8-7-18(15)10-12(2)20)16(21)13-5-4-6-14(17)9-13/h12-15,20H,3-11,17H2,1-2H3. The zero-order chi connectivity index (χ0) is 15.4. The Bertz CT molecular complexity index is 348. The highest BCUT2D eigenvalue weighted by molar-refractivity contribution is 5.79. The molecule has 0 radical (unpaired) electrons. The second kappa shape index (κ2) is 7.56. The summed E-state index contributed by atoms with van der Waals surface area (Å²) < 4.78 is 0. The monoisotopic (exact) mass is 297 g/mol. The quantitative estimate of drug-likeness (QED) is 0.805. The Hall–Kier alpha value is -0.650. The van der Waals surface area contributed by atoms with Gasteiger partial charge < -0.3 is 15.7 Å². The third-order valence-corrected chi connectivity index (χ3v) is 4.95. The van der Waals surface area contributed by atoms with Gasteiger partial charge in [-0.2, -0.15) is 0 Å². The third kappa shape index (κ3) is 4.41. The first-order chi connectivity index (χ1) is 10.0. The van der Waals surface area contributed by atoms with Gasteiger partial charge in [0.2, 0.25) is 5.91 Å². The number of amides is 1. The van der Waals surface area contributed by atoms with Crippen molar-refractivity contribution >= 4 is 5.91 Å². The van der Waals surface area contributed by atoms with Gasteiger partial charge in [0.25, 0.3) is 0 Å². The predicted molar refractivity (Wildman–Crippen MR) is 83.8 cm³/mol. The van der Waals surface area contributed by atoms with Crippen LogP contribution in [0.1, 0.15) is 46.0 Å². The Morgan fingerprint density at radius 2 is 2.14 bits per heavy atom. The minimum Gasteiger partial charge on any atom is -0.392 e. The molecule has 4 unspecified atom stereocenters. The zero-order valence-corrected chi connectivity index (χ0v) is 13.5. The highest BCUT2D eigenvalue weighted by atomic mass is 16.3. The van der Waals surface area contributed by atoms with Gasteiger partial charge >= 0.3 is 0 Å². The number of rotatable bonds is 4. The molecule has 122 valence electrons. The van der Waals surface area contributed by atoms with Crippen LogP contribution in [-0.4, -0.2) is 65.2 Å². The molecule has 3 N–H and O–H groups in total. The third-order valence-electron chi connectivity index (χ3n) is 4.95. The lowest BCUT2D eigenvalue weighted by Crippen LogP contribution is -2.57. The number of aliphatic hydroxyl groups is 1. The second-order valence-electron chi connectivity index (χ2n) is 6.81. The molecule has 1 heterocycles. The normalized spacial score (nSPS) is 33.0. The fourth-order valence-electron chi connectivity index (χ4n) is 3.77. The van der Waals surface area contributed by atoms with Crippen LogP contribution in [0.5, 0.6) is 0 Å². The summed E-state index contributed by atoms with van der Waals surface area (Å²) in [5, 5.41) is 9.59. The first-order valence-corrected chi connectivity index (χ1v) is 8.47. The molecule has 1 amide bonds. The van der Waals surface area contributed by atoms with E-state index < -0.39 is 0 Å². The van der Waals surface area contributed by atoms with Gasteiger partial charge in [0, 0.05) is 44.2 Å². The van der Waals surface area contributed by atoms with Gasteiger partial charge in [-0.05, 0) is 32.6 Å². The summed E-state index contributed by atoms with van der Waals surface area (Å²) in [7, 11) is 0. The van der Waals surface area contributed by atoms with E-state index in [1.807, 2.05) is 11.8 Å². The van der Waals surface area contributed by atoms with Crippen LogP contribution in [0.4, 0.5) is 0 Å². The Morgan fingerprint density at radius 3 is 2.76 bits per heavy atom. The summed E-state index contributed by atoms with van der Waals surface area (Å²) in [6.45, 7) is 7.14. The average Bonchev–Trinajstić information content (AvgIpc) is 2.46. The summed E-state index contributed by atoms with van der Waals surface area (Å²) >= 11 is 0. The molecule has 0 aromatic heterocycles. The lowest BCUT2D eigenvalue weighted by molar-refractivity contribution is -0.140. The SMILES string of the molecule is CCC1CN(C(=O)C2CCCC(N)C2)CCN1CC(C)O. The molecule has 1 aliphatic heterocycles. The summed E-state index contributed by atoms with van der Waals surface area (Å²) in [4.78, 5) is 17.0. The number of β-amino-alcohol motifs (C(OH)–C–C–N with tert-alkyl or cyclic N) is 1. The van der Waals surface area contributed by atoms with E-state index >= 15 is 0 Å². The van der Waals surface area contributed by atoms with Crippen molar-refractivity contribution in [2.24, 2.45) is 11.7 Å². The number of piperazine rings is 1. The molecule has 5 nitrogen and oxygen atoms in total. The first kappa shape index (κ1) is 16.7. The highest BCUT2D eigenvalue weighted by Crippen LogP contribution is 2.26. The summed E-state index contributed by atoms with van der Waals surface area (Å²) in [5.41, 5.74) is 6.02. The molecule has 0 bridgehead atoms. The van der Waals surface area contributed by atoms with Crippen molar-refractivity contribution in [3.63, 3.8) is 0 Å². The van der Waals surface area contributed by atoms with Crippen molar-refractivity contribution in [2.75, 3.05) is 26.2 Å². The maximum absolute atomic E-state index is 12.7. The van der Waals surface area contributed by atoms with Crippen molar-refractivity contribution in [1.29, 1.82) is 0 Å². The molecule has 2 fully saturated rings. The van der Waals surface area contributed by atoms with E-state index in [0.717, 1.165) is 51.7 Å². The minimum absolute atomic E-state index is 0.134. The molecule has 5 heteroatoms. The van der Waals surface area contributed by atoms with Gasteiger partial charge in [0.05, 0.1) is 6.10 Å². The predicted octanol–water partition coefficient (Wildman–Crippen LogP) is 0.808. The number of carbonyl (C=O) groups is 1. The van der Waals surface area contributed by atoms with E-state index in [2.05, 4.69) is 11.8 Å². The number of aliphatic hydroxyl groups excluding tert-OH is 1. The Morgan fingerprint density at radius 1 is 1.38 bits per heavy atom. The van der Waals surface area contributed by atoms with Gasteiger partial charge in [0.1, 0.15) is 0 Å². The number of hydrogen-bond donors (Lipinski definition) is 2. The molecule has 1 saturated carbocycles. The van der Waals surface area contributed by atoms with Crippen LogP contribution < -0.4 is 5.73 Å². The lowest BCUT2D eigenvalue weighted by Gasteiger charge is -2.43. The molecule has 0 aromatic rings. The zero-order valence-electron chi connectivity index (χ0n) is 13.5. The van der Waals surface area contributed by atoms with Crippen molar-refractivity contribution in [2.45, 2.75) is 64.1 Å². The van der Waals surface area contributed by atoms with Crippen molar-refractivity contribution in [3.8, 4) is 0 Å². The summed E-state index contributed by atoms with van der Waals surface area (Å²) in [6.07, 6.45) is 4.69. The van der Waals surface area contributed by atoms with Crippen LogP contribution in [0.2, 0.25) is 0 Å². The van der Waals surface area contributed by atoms with Crippen LogP contribution in [0.25, 0.3) is 0 Å². The Labute approximate surface area is 128 Å². The minimum atomic E-state index is -0.308. The molecular weight excluding hydrogens is 266 g/mol. The van der Waals surface area contributed by atoms with Crippen LogP contribution in [0.3, 0.4) is 0 Å². The van der Waals surface area contributed by atoms with Crippen molar-refractivity contribution in [3.05, 3.63) is 0 Å². The molecule has 2 rings (SSSR count). The summed E-state index contributed by atoms with van der Waals surface area (Å²) in [6, 6.07) is 0.570. The Kier molecular flexibility index (Phi) is 6.02. The van der Waals surface area contributed by atoms with E-state index in [1.54, 1.807) is 0 Å². The lowest BCUT2D eigenvalue weighted by atomic mass is 9.85. The maximum Gasteiger partial charge on any atom is 0.225 e. The number of nitrogens with two attached hydrogens (primary N) is 1. The largest absolute Gasteiger partial charge is 0.392 e. The van der Waals surface area contributed by atoms with Crippen molar-refractivity contribution < 1.29 is 9.90 Å². The van der Waals surface area contributed by atoms with E-state index in [4.69, 9.17) is 5.73 Å². The topological polar surface area (TPSA) is 69.8 Å². The molecule has 1 aliphatic carbocycles. The average molecular weight is 297 g/mol. The van der Waals surface area contributed by atoms with E-state index in [1.165, 1.54) is 0 Å². The highest BCUT2D eigenvalue weighted by Gasteiger charge is 2.33. The van der Waals surface area contributed by atoms with E-state index in [0.29, 0.717) is 18.5 Å². The van der Waals surface area contributed by atoms with Crippen LogP contribution in [0.15, 0.2) is 0 Å². The second-order valence-corrected chi connectivity index (χ2v) is 6.81. The molecule has 0 spiro atoms. The molecule has 1 saturated heterocycles. The van der Waals surface area contributed by atoms with Crippen molar-refractivity contribution in [1.82, 2.24) is 9.80 Å². The van der Waals surface area contributed by atoms with E-state index in [9.17, 15) is 9.90 Å². The first-order valence-electron chi connectivity index (χ1n) is 8.47. The molecule has 2 aliphatic rings. The fraction of sp³-hybridized carbons (Fsp3) is 0.938. The van der Waals surface area contributed by atoms with Gasteiger partial charge in [-0.25, -0.2) is 0 Å². The summed E-state index contributed by atoms with van der Waals surface area (Å²) in [5.74, 6) is 0.440. The van der Waals surface area contributed by atoms with Crippen LogP contribution >= 0.6 is 0 Å². The van der Waals surface area contributed by atoms with Crippen LogP contribution in [-0.2, 0) is 4.79 Å². The van der Waals surface area contributed by atoms with Crippen LogP contribution in [0, 0.1) is 5.92 Å². The molecule has 4 atom stereocenters. The molecule has 0 aromatic carbocycles. The number of nitrogens with zero attached hydrogens (tertiary/aromatic N) is 2. The van der Waals surface area contributed by atoms with E-state index in [-0.39, 0.29) is 18.1 Å². The van der Waals surface area contributed by atoms with Gasteiger partial charge in [-0.1, -0.05) is 13.3 Å². The molecular formula is C16H31N3O2. The fourth-order valence-corrected chi connectivity index (χ4v) is 3.77. The van der Waals surface area contributed by atoms with Gasteiger partial charge in [0.15, 0.2) is 0 Å².